The van der Waals surface area contributed by atoms with Crippen LogP contribution in [0.2, 0.25) is 0 Å². The summed E-state index contributed by atoms with van der Waals surface area (Å²) in [6, 6.07) is 7.24. The average molecular weight is 347 g/mol. The van der Waals surface area contributed by atoms with Crippen LogP contribution in [0.25, 0.3) is 0 Å². The summed E-state index contributed by atoms with van der Waals surface area (Å²) in [5.41, 5.74) is 0.630. The van der Waals surface area contributed by atoms with Crippen LogP contribution < -0.4 is 10.6 Å². The third kappa shape index (κ3) is 6.05. The second-order valence-electron chi connectivity index (χ2n) is 7.34. The van der Waals surface area contributed by atoms with Crippen LogP contribution in [0.5, 0.6) is 0 Å². The summed E-state index contributed by atoms with van der Waals surface area (Å²) in [7, 11) is 0. The molecule has 6 nitrogen and oxygen atoms in total. The number of likely N-dealkylation sites (tertiary alicyclic amines) is 1. The van der Waals surface area contributed by atoms with E-state index < -0.39 is 11.7 Å². The molecule has 1 atom stereocenters. The molecule has 25 heavy (non-hydrogen) atoms. The SMILES string of the molecule is CCN1CCCC1CNC(=O)c1ccc(NC(=O)OC(C)(C)C)cc1. The van der Waals surface area contributed by atoms with Crippen LogP contribution >= 0.6 is 0 Å². The number of carbonyl (C=O) groups excluding carboxylic acids is 2. The molecule has 0 aliphatic carbocycles. The number of likely N-dealkylation sites (N-methyl/N-ethyl adjacent to an activating group) is 1. The Bertz CT molecular complexity index is 593. The lowest BCUT2D eigenvalue weighted by atomic mass is 10.1. The first-order valence-electron chi connectivity index (χ1n) is 8.91. The maximum Gasteiger partial charge on any atom is 0.412 e. The first kappa shape index (κ1) is 19.2. The summed E-state index contributed by atoms with van der Waals surface area (Å²) in [6.07, 6.45) is 1.82. The fourth-order valence-corrected chi connectivity index (χ4v) is 2.98. The monoisotopic (exact) mass is 347 g/mol. The molecular formula is C19H29N3O3. The van der Waals surface area contributed by atoms with E-state index in [4.69, 9.17) is 4.74 Å². The van der Waals surface area contributed by atoms with Gasteiger partial charge >= 0.3 is 6.09 Å². The largest absolute Gasteiger partial charge is 0.444 e. The van der Waals surface area contributed by atoms with Crippen LogP contribution in [0.4, 0.5) is 10.5 Å². The Morgan fingerprint density at radius 1 is 1.24 bits per heavy atom. The molecule has 1 unspecified atom stereocenters. The van der Waals surface area contributed by atoms with Gasteiger partial charge in [0.1, 0.15) is 5.60 Å². The molecule has 1 saturated heterocycles. The van der Waals surface area contributed by atoms with Gasteiger partial charge in [-0.2, -0.15) is 0 Å². The van der Waals surface area contributed by atoms with Crippen LogP contribution in [0, 0.1) is 0 Å². The highest BCUT2D eigenvalue weighted by molar-refractivity contribution is 5.95. The summed E-state index contributed by atoms with van der Waals surface area (Å²) in [6.45, 7) is 10.4. The first-order valence-corrected chi connectivity index (χ1v) is 8.91. The fraction of sp³-hybridized carbons (Fsp3) is 0.579. The molecule has 1 fully saturated rings. The van der Waals surface area contributed by atoms with Crippen molar-refractivity contribution in [1.29, 1.82) is 0 Å². The molecule has 138 valence electrons. The minimum atomic E-state index is -0.545. The van der Waals surface area contributed by atoms with Crippen molar-refractivity contribution in [3.8, 4) is 0 Å². The maximum atomic E-state index is 12.3. The minimum Gasteiger partial charge on any atom is -0.444 e. The van der Waals surface area contributed by atoms with Crippen molar-refractivity contribution >= 4 is 17.7 Å². The molecule has 1 heterocycles. The van der Waals surface area contributed by atoms with Crippen LogP contribution in [-0.2, 0) is 4.74 Å². The second-order valence-corrected chi connectivity index (χ2v) is 7.34. The van der Waals surface area contributed by atoms with E-state index in [1.165, 1.54) is 6.42 Å². The van der Waals surface area contributed by atoms with Crippen molar-refractivity contribution in [3.63, 3.8) is 0 Å². The summed E-state index contributed by atoms with van der Waals surface area (Å²) < 4.78 is 5.20. The zero-order valence-corrected chi connectivity index (χ0v) is 15.6. The van der Waals surface area contributed by atoms with Crippen molar-refractivity contribution < 1.29 is 14.3 Å². The third-order valence-electron chi connectivity index (χ3n) is 4.20. The lowest BCUT2D eigenvalue weighted by Crippen LogP contribution is -2.40. The van der Waals surface area contributed by atoms with E-state index >= 15 is 0 Å². The molecule has 1 aromatic rings. The summed E-state index contributed by atoms with van der Waals surface area (Å²) in [5, 5.41) is 5.66. The van der Waals surface area contributed by atoms with Gasteiger partial charge in [0, 0.05) is 23.8 Å². The molecule has 6 heteroatoms. The van der Waals surface area contributed by atoms with Crippen LogP contribution in [0.1, 0.15) is 50.9 Å². The Morgan fingerprint density at radius 3 is 2.52 bits per heavy atom. The maximum absolute atomic E-state index is 12.3. The molecule has 0 spiro atoms. The van der Waals surface area contributed by atoms with Gasteiger partial charge in [-0.05, 0) is 71.0 Å². The number of nitrogens with zero attached hydrogens (tertiary/aromatic N) is 1. The Labute approximate surface area is 149 Å². The predicted molar refractivity (Wildman–Crippen MR) is 98.9 cm³/mol. The van der Waals surface area contributed by atoms with E-state index in [0.29, 0.717) is 23.8 Å². The molecule has 2 N–H and O–H groups in total. The zero-order valence-electron chi connectivity index (χ0n) is 15.6. The van der Waals surface area contributed by atoms with Crippen molar-refractivity contribution in [1.82, 2.24) is 10.2 Å². The van der Waals surface area contributed by atoms with Crippen LogP contribution in [-0.4, -0.2) is 48.2 Å². The van der Waals surface area contributed by atoms with Crippen molar-refractivity contribution in [2.45, 2.75) is 52.2 Å². The van der Waals surface area contributed by atoms with Gasteiger partial charge < -0.3 is 10.1 Å². The van der Waals surface area contributed by atoms with E-state index in [9.17, 15) is 9.59 Å². The average Bonchev–Trinajstić information content (AvgIpc) is 2.99. The number of carbonyl (C=O) groups is 2. The van der Waals surface area contributed by atoms with E-state index in [2.05, 4.69) is 22.5 Å². The number of amides is 2. The molecule has 1 aromatic carbocycles. The van der Waals surface area contributed by atoms with Gasteiger partial charge in [0.15, 0.2) is 0 Å². The minimum absolute atomic E-state index is 0.0910. The highest BCUT2D eigenvalue weighted by Gasteiger charge is 2.23. The summed E-state index contributed by atoms with van der Waals surface area (Å²) in [5.74, 6) is -0.0910. The van der Waals surface area contributed by atoms with Crippen LogP contribution in [0.3, 0.4) is 0 Å². The van der Waals surface area contributed by atoms with Gasteiger partial charge in [-0.15, -0.1) is 0 Å². The summed E-state index contributed by atoms with van der Waals surface area (Å²) >= 11 is 0. The third-order valence-corrected chi connectivity index (χ3v) is 4.20. The van der Waals surface area contributed by atoms with E-state index in [1.54, 1.807) is 24.3 Å². The van der Waals surface area contributed by atoms with Crippen molar-refractivity contribution in [3.05, 3.63) is 29.8 Å². The fourth-order valence-electron chi connectivity index (χ4n) is 2.98. The summed E-state index contributed by atoms with van der Waals surface area (Å²) in [4.78, 5) is 26.4. The van der Waals surface area contributed by atoms with E-state index in [1.807, 2.05) is 20.8 Å². The van der Waals surface area contributed by atoms with Gasteiger partial charge in [0.25, 0.3) is 5.91 Å². The first-order chi connectivity index (χ1) is 11.8. The van der Waals surface area contributed by atoms with E-state index in [-0.39, 0.29) is 5.91 Å². The number of benzene rings is 1. The lowest BCUT2D eigenvalue weighted by Gasteiger charge is -2.22. The van der Waals surface area contributed by atoms with Crippen LogP contribution in [0.15, 0.2) is 24.3 Å². The second kappa shape index (κ2) is 8.34. The number of hydrogen-bond donors (Lipinski definition) is 2. The molecule has 1 aliphatic heterocycles. The Hall–Kier alpha value is -2.08. The normalized spacial score (nSPS) is 18.0. The number of rotatable bonds is 5. The Kier molecular flexibility index (Phi) is 6.42. The zero-order chi connectivity index (χ0) is 18.4. The highest BCUT2D eigenvalue weighted by Crippen LogP contribution is 2.16. The lowest BCUT2D eigenvalue weighted by molar-refractivity contribution is 0.0635. The molecule has 0 aromatic heterocycles. The van der Waals surface area contributed by atoms with Gasteiger partial charge in [-0.25, -0.2) is 4.79 Å². The van der Waals surface area contributed by atoms with Gasteiger partial charge in [0.05, 0.1) is 0 Å². The Balaban J connectivity index is 1.84. The number of nitrogens with one attached hydrogen (secondary N) is 2. The molecule has 0 radical (unpaired) electrons. The van der Waals surface area contributed by atoms with Crippen molar-refractivity contribution in [2.24, 2.45) is 0 Å². The molecule has 2 rings (SSSR count). The molecule has 0 bridgehead atoms. The quantitative estimate of drug-likeness (QED) is 0.858. The van der Waals surface area contributed by atoms with E-state index in [0.717, 1.165) is 19.5 Å². The molecule has 2 amide bonds. The number of ether oxygens (including phenoxy) is 1. The van der Waals surface area contributed by atoms with Gasteiger partial charge in [-0.1, -0.05) is 6.92 Å². The van der Waals surface area contributed by atoms with Gasteiger partial charge in [0.2, 0.25) is 0 Å². The number of anilines is 1. The molecule has 1 aliphatic rings. The number of hydrogen-bond acceptors (Lipinski definition) is 4. The van der Waals surface area contributed by atoms with Gasteiger partial charge in [-0.3, -0.25) is 15.0 Å². The smallest absolute Gasteiger partial charge is 0.412 e. The molecule has 0 saturated carbocycles. The highest BCUT2D eigenvalue weighted by atomic mass is 16.6. The molecular weight excluding hydrogens is 318 g/mol. The van der Waals surface area contributed by atoms with Crippen molar-refractivity contribution in [2.75, 3.05) is 25.0 Å². The topological polar surface area (TPSA) is 70.7 Å². The standard InChI is InChI=1S/C19H29N3O3/c1-5-22-12-6-7-16(22)13-20-17(23)14-8-10-15(11-9-14)21-18(24)25-19(2,3)4/h8-11,16H,5-7,12-13H2,1-4H3,(H,20,23)(H,21,24). The predicted octanol–water partition coefficient (Wildman–Crippen LogP) is 3.25. The Morgan fingerprint density at radius 2 is 1.92 bits per heavy atom.